The first-order chi connectivity index (χ1) is 11.1. The van der Waals surface area contributed by atoms with Crippen LogP contribution >= 0.6 is 0 Å². The third kappa shape index (κ3) is 4.74. The van der Waals surface area contributed by atoms with Crippen LogP contribution in [0.1, 0.15) is 10.4 Å². The summed E-state index contributed by atoms with van der Waals surface area (Å²) < 4.78 is 15.0. The third-order valence-corrected chi connectivity index (χ3v) is 3.01. The van der Waals surface area contributed by atoms with Gasteiger partial charge in [-0.05, 0) is 36.4 Å². The van der Waals surface area contributed by atoms with Crippen molar-refractivity contribution >= 4 is 17.6 Å². The van der Waals surface area contributed by atoms with Gasteiger partial charge in [0.1, 0.15) is 11.5 Å². The van der Waals surface area contributed by atoms with Crippen LogP contribution in [0, 0.1) is 0 Å². The van der Waals surface area contributed by atoms with Gasteiger partial charge in [0.2, 0.25) is 0 Å². The standard InChI is InChI=1S/C17H17NO5/c1-21-14-8-6-12(7-9-14)17(20)23-11-16(19)18-13-4-3-5-15(10-13)22-2/h3-10H,11H2,1-2H3,(H,18,19). The van der Waals surface area contributed by atoms with Crippen molar-refractivity contribution in [1.29, 1.82) is 0 Å². The average Bonchev–Trinajstić information content (AvgIpc) is 2.60. The van der Waals surface area contributed by atoms with E-state index in [1.54, 1.807) is 48.5 Å². The summed E-state index contributed by atoms with van der Waals surface area (Å²) in [5.41, 5.74) is 0.912. The maximum absolute atomic E-state index is 11.8. The zero-order valence-electron chi connectivity index (χ0n) is 12.9. The molecule has 2 aromatic carbocycles. The molecule has 1 N–H and O–H groups in total. The fraction of sp³-hybridized carbons (Fsp3) is 0.176. The lowest BCUT2D eigenvalue weighted by Gasteiger charge is -2.08. The first-order valence-electron chi connectivity index (χ1n) is 6.87. The Morgan fingerprint density at radius 1 is 0.957 bits per heavy atom. The summed E-state index contributed by atoms with van der Waals surface area (Å²) in [6, 6.07) is 13.3. The summed E-state index contributed by atoms with van der Waals surface area (Å²) in [5, 5.41) is 2.63. The van der Waals surface area contributed by atoms with Crippen LogP contribution in [0.3, 0.4) is 0 Å². The predicted molar refractivity (Wildman–Crippen MR) is 84.9 cm³/mol. The number of anilines is 1. The molecule has 0 aliphatic rings. The molecule has 0 radical (unpaired) electrons. The molecule has 0 aliphatic heterocycles. The van der Waals surface area contributed by atoms with Crippen molar-refractivity contribution in [3.63, 3.8) is 0 Å². The molecule has 0 bridgehead atoms. The van der Waals surface area contributed by atoms with E-state index in [-0.39, 0.29) is 6.61 Å². The van der Waals surface area contributed by atoms with Crippen molar-refractivity contribution in [2.75, 3.05) is 26.1 Å². The van der Waals surface area contributed by atoms with E-state index in [4.69, 9.17) is 14.2 Å². The molecule has 0 atom stereocenters. The summed E-state index contributed by atoms with van der Waals surface area (Å²) in [6.07, 6.45) is 0. The SMILES string of the molecule is COc1ccc(C(=O)OCC(=O)Nc2cccc(OC)c2)cc1. The minimum Gasteiger partial charge on any atom is -0.497 e. The number of amides is 1. The van der Waals surface area contributed by atoms with E-state index in [1.165, 1.54) is 14.2 Å². The van der Waals surface area contributed by atoms with Crippen LogP contribution in [-0.4, -0.2) is 32.7 Å². The van der Waals surface area contributed by atoms with E-state index in [9.17, 15) is 9.59 Å². The van der Waals surface area contributed by atoms with Crippen molar-refractivity contribution in [1.82, 2.24) is 0 Å². The Hall–Kier alpha value is -3.02. The van der Waals surface area contributed by atoms with Crippen molar-refractivity contribution in [3.05, 3.63) is 54.1 Å². The maximum atomic E-state index is 11.8. The van der Waals surface area contributed by atoms with Crippen LogP contribution in [0.4, 0.5) is 5.69 Å². The molecular weight excluding hydrogens is 298 g/mol. The molecule has 0 aliphatic carbocycles. The lowest BCUT2D eigenvalue weighted by atomic mass is 10.2. The van der Waals surface area contributed by atoms with Crippen LogP contribution in [0.5, 0.6) is 11.5 Å². The van der Waals surface area contributed by atoms with Crippen LogP contribution < -0.4 is 14.8 Å². The van der Waals surface area contributed by atoms with E-state index in [2.05, 4.69) is 5.32 Å². The minimum absolute atomic E-state index is 0.347. The van der Waals surface area contributed by atoms with E-state index in [0.29, 0.717) is 22.7 Å². The van der Waals surface area contributed by atoms with Gasteiger partial charge in [0, 0.05) is 11.8 Å². The molecule has 0 heterocycles. The topological polar surface area (TPSA) is 73.9 Å². The van der Waals surface area contributed by atoms with Gasteiger partial charge in [0.05, 0.1) is 19.8 Å². The molecule has 0 unspecified atom stereocenters. The molecule has 120 valence electrons. The number of nitrogens with one attached hydrogen (secondary N) is 1. The Balaban J connectivity index is 1.86. The van der Waals surface area contributed by atoms with E-state index >= 15 is 0 Å². The summed E-state index contributed by atoms with van der Waals surface area (Å²) in [6.45, 7) is -0.373. The van der Waals surface area contributed by atoms with E-state index in [1.807, 2.05) is 0 Å². The Labute approximate surface area is 134 Å². The number of esters is 1. The molecule has 2 aromatic rings. The molecule has 2 rings (SSSR count). The second kappa shape index (κ2) is 7.84. The lowest BCUT2D eigenvalue weighted by Crippen LogP contribution is -2.20. The number of hydrogen-bond donors (Lipinski definition) is 1. The van der Waals surface area contributed by atoms with Gasteiger partial charge in [-0.3, -0.25) is 4.79 Å². The Morgan fingerprint density at radius 2 is 1.65 bits per heavy atom. The number of ether oxygens (including phenoxy) is 3. The molecule has 0 spiro atoms. The van der Waals surface area contributed by atoms with E-state index < -0.39 is 11.9 Å². The minimum atomic E-state index is -0.576. The van der Waals surface area contributed by atoms with Crippen LogP contribution in [0.15, 0.2) is 48.5 Å². The summed E-state index contributed by atoms with van der Waals surface area (Å²) in [4.78, 5) is 23.6. The summed E-state index contributed by atoms with van der Waals surface area (Å²) >= 11 is 0. The maximum Gasteiger partial charge on any atom is 0.338 e. The van der Waals surface area contributed by atoms with Gasteiger partial charge < -0.3 is 19.5 Å². The second-order valence-electron chi connectivity index (χ2n) is 4.58. The molecule has 6 nitrogen and oxygen atoms in total. The van der Waals surface area contributed by atoms with Crippen molar-refractivity contribution < 1.29 is 23.8 Å². The molecule has 0 aromatic heterocycles. The molecule has 0 fully saturated rings. The highest BCUT2D eigenvalue weighted by Crippen LogP contribution is 2.16. The van der Waals surface area contributed by atoms with Gasteiger partial charge in [0.25, 0.3) is 5.91 Å². The fourth-order valence-electron chi connectivity index (χ4n) is 1.84. The van der Waals surface area contributed by atoms with Crippen LogP contribution in [-0.2, 0) is 9.53 Å². The number of hydrogen-bond acceptors (Lipinski definition) is 5. The highest BCUT2D eigenvalue weighted by molar-refractivity contribution is 5.95. The molecule has 1 amide bonds. The Bertz CT molecular complexity index is 682. The number of benzene rings is 2. The van der Waals surface area contributed by atoms with Gasteiger partial charge in [-0.25, -0.2) is 4.79 Å². The van der Waals surface area contributed by atoms with Crippen molar-refractivity contribution in [2.24, 2.45) is 0 Å². The molecule has 23 heavy (non-hydrogen) atoms. The highest BCUT2D eigenvalue weighted by Gasteiger charge is 2.10. The molecular formula is C17H17NO5. The Morgan fingerprint density at radius 3 is 2.30 bits per heavy atom. The quantitative estimate of drug-likeness (QED) is 0.829. The van der Waals surface area contributed by atoms with Gasteiger partial charge in [-0.1, -0.05) is 6.07 Å². The molecule has 0 saturated heterocycles. The largest absolute Gasteiger partial charge is 0.497 e. The third-order valence-electron chi connectivity index (χ3n) is 3.01. The summed E-state index contributed by atoms with van der Waals surface area (Å²) in [5.74, 6) is 0.254. The summed E-state index contributed by atoms with van der Waals surface area (Å²) in [7, 11) is 3.08. The Kier molecular flexibility index (Phi) is 5.57. The fourth-order valence-corrected chi connectivity index (χ4v) is 1.84. The van der Waals surface area contributed by atoms with Gasteiger partial charge in [-0.2, -0.15) is 0 Å². The molecule has 0 saturated carbocycles. The number of methoxy groups -OCH3 is 2. The number of carbonyl (C=O) groups excluding carboxylic acids is 2. The average molecular weight is 315 g/mol. The van der Waals surface area contributed by atoms with Crippen LogP contribution in [0.25, 0.3) is 0 Å². The molecule has 6 heteroatoms. The van der Waals surface area contributed by atoms with Crippen LogP contribution in [0.2, 0.25) is 0 Å². The monoisotopic (exact) mass is 315 g/mol. The zero-order valence-corrected chi connectivity index (χ0v) is 12.9. The first kappa shape index (κ1) is 16.4. The highest BCUT2D eigenvalue weighted by atomic mass is 16.5. The van der Waals surface area contributed by atoms with Gasteiger partial charge in [0.15, 0.2) is 6.61 Å². The number of carbonyl (C=O) groups is 2. The predicted octanol–water partition coefficient (Wildman–Crippen LogP) is 2.50. The van der Waals surface area contributed by atoms with E-state index in [0.717, 1.165) is 0 Å². The second-order valence-corrected chi connectivity index (χ2v) is 4.58. The van der Waals surface area contributed by atoms with Gasteiger partial charge >= 0.3 is 5.97 Å². The number of rotatable bonds is 6. The smallest absolute Gasteiger partial charge is 0.338 e. The van der Waals surface area contributed by atoms with Crippen molar-refractivity contribution in [2.45, 2.75) is 0 Å². The normalized spacial score (nSPS) is 9.83. The van der Waals surface area contributed by atoms with Gasteiger partial charge in [-0.15, -0.1) is 0 Å². The zero-order chi connectivity index (χ0) is 16.7. The first-order valence-corrected chi connectivity index (χ1v) is 6.87. The van der Waals surface area contributed by atoms with Crippen molar-refractivity contribution in [3.8, 4) is 11.5 Å². The lowest BCUT2D eigenvalue weighted by molar-refractivity contribution is -0.119.